The minimum Gasteiger partial charge on any atom is -0.469 e. The van der Waals surface area contributed by atoms with Crippen LogP contribution in [0.4, 0.5) is 0 Å². The third kappa shape index (κ3) is 2.04. The molecule has 2 rings (SSSR count). The fourth-order valence-corrected chi connectivity index (χ4v) is 5.77. The molecule has 0 aromatic heterocycles. The van der Waals surface area contributed by atoms with Crippen LogP contribution in [0.2, 0.25) is 0 Å². The van der Waals surface area contributed by atoms with Gasteiger partial charge in [-0.05, 0) is 43.0 Å². The summed E-state index contributed by atoms with van der Waals surface area (Å²) in [5.74, 6) is -0.180. The Kier molecular flexibility index (Phi) is 3.30. The van der Waals surface area contributed by atoms with Gasteiger partial charge in [-0.3, -0.25) is 4.79 Å². The van der Waals surface area contributed by atoms with Crippen LogP contribution in [0.25, 0.3) is 0 Å². The van der Waals surface area contributed by atoms with Crippen molar-refractivity contribution >= 4 is 37.4 Å². The van der Waals surface area contributed by atoms with E-state index >= 15 is 0 Å². The molecule has 0 radical (unpaired) electrons. The van der Waals surface area contributed by atoms with E-state index in [1.54, 1.807) is 31.4 Å². The Balaban J connectivity index is 2.26. The number of methoxy groups -OCH3 is 1. The average Bonchev–Trinajstić information content (AvgIpc) is 2.66. The Hall–Kier alpha value is -0.260. The molecule has 0 amide bonds. The van der Waals surface area contributed by atoms with Crippen molar-refractivity contribution in [1.29, 1.82) is 0 Å². The molecule has 1 aliphatic heterocycles. The number of esters is 1. The van der Waals surface area contributed by atoms with E-state index in [4.69, 9.17) is 0 Å². The van der Waals surface area contributed by atoms with Gasteiger partial charge in [-0.1, -0.05) is 12.1 Å². The molecule has 0 saturated heterocycles. The molecule has 74 valence electrons. The number of rotatable bonds is 2. The first kappa shape index (κ1) is 10.3. The Morgan fingerprint density at radius 3 is 3.07 bits per heavy atom. The molecule has 1 aromatic rings. The maximum atomic E-state index is 11.1. The lowest BCUT2D eigenvalue weighted by Crippen LogP contribution is -2.05. The first-order chi connectivity index (χ1) is 6.81. The van der Waals surface area contributed by atoms with Crippen LogP contribution >= 0.6 is 31.4 Å². The fourth-order valence-electron chi connectivity index (χ4n) is 1.18. The third-order valence-corrected chi connectivity index (χ3v) is 5.97. The molecular weight excluding hydrogens is 236 g/mol. The van der Waals surface area contributed by atoms with Crippen LogP contribution in [-0.2, 0) is 16.0 Å². The van der Waals surface area contributed by atoms with Crippen molar-refractivity contribution in [2.24, 2.45) is 0 Å². The van der Waals surface area contributed by atoms with Gasteiger partial charge in [0.25, 0.3) is 0 Å². The molecule has 0 spiro atoms. The molecule has 0 aliphatic carbocycles. The van der Waals surface area contributed by atoms with E-state index in [0.29, 0.717) is 6.42 Å². The van der Waals surface area contributed by atoms with E-state index < -0.39 is 0 Å². The fraction of sp³-hybridized carbons (Fsp3) is 0.222. The van der Waals surface area contributed by atoms with Gasteiger partial charge in [0.2, 0.25) is 0 Å². The van der Waals surface area contributed by atoms with E-state index in [9.17, 15) is 4.79 Å². The second kappa shape index (κ2) is 4.51. The van der Waals surface area contributed by atoms with Crippen LogP contribution < -0.4 is 0 Å². The Morgan fingerprint density at radius 2 is 2.29 bits per heavy atom. The van der Waals surface area contributed by atoms with Crippen molar-refractivity contribution < 1.29 is 9.53 Å². The second-order valence-electron chi connectivity index (χ2n) is 2.73. The van der Waals surface area contributed by atoms with Crippen molar-refractivity contribution in [3.63, 3.8) is 0 Å². The molecule has 2 nitrogen and oxygen atoms in total. The van der Waals surface area contributed by atoms with E-state index in [1.807, 2.05) is 12.1 Å². The number of ether oxygens (including phenoxy) is 1. The molecule has 0 unspecified atom stereocenters. The van der Waals surface area contributed by atoms with Gasteiger partial charge >= 0.3 is 5.97 Å². The van der Waals surface area contributed by atoms with Crippen molar-refractivity contribution in [3.05, 3.63) is 23.8 Å². The van der Waals surface area contributed by atoms with Gasteiger partial charge < -0.3 is 4.74 Å². The van der Waals surface area contributed by atoms with Gasteiger partial charge in [0.15, 0.2) is 0 Å². The number of hydrogen-bond donors (Lipinski definition) is 0. The molecule has 0 N–H and O–H groups in total. The quantitative estimate of drug-likeness (QED) is 0.588. The van der Waals surface area contributed by atoms with Gasteiger partial charge in [-0.25, -0.2) is 0 Å². The van der Waals surface area contributed by atoms with Crippen LogP contribution in [0.15, 0.2) is 28.0 Å². The van der Waals surface area contributed by atoms with E-state index in [-0.39, 0.29) is 5.97 Å². The normalized spacial score (nSPS) is 13.8. The van der Waals surface area contributed by atoms with E-state index in [1.165, 1.54) is 16.9 Å². The smallest absolute Gasteiger partial charge is 0.310 e. The largest absolute Gasteiger partial charge is 0.469 e. The third-order valence-electron chi connectivity index (χ3n) is 1.86. The molecular formula is C9H8O2S3. The predicted octanol–water partition coefficient (Wildman–Crippen LogP) is 3.16. The van der Waals surface area contributed by atoms with Crippen LogP contribution in [-0.4, -0.2) is 13.1 Å². The summed E-state index contributed by atoms with van der Waals surface area (Å²) < 4.78 is 4.65. The number of carbonyl (C=O) groups excluding carboxylic acids is 1. The van der Waals surface area contributed by atoms with Crippen molar-refractivity contribution in [3.8, 4) is 0 Å². The summed E-state index contributed by atoms with van der Waals surface area (Å²) in [6.45, 7) is 0. The summed E-state index contributed by atoms with van der Waals surface area (Å²) in [5.41, 5.74) is 1.07. The van der Waals surface area contributed by atoms with Crippen LogP contribution in [0.5, 0.6) is 0 Å². The Labute approximate surface area is 94.0 Å². The maximum Gasteiger partial charge on any atom is 0.310 e. The van der Waals surface area contributed by atoms with Crippen molar-refractivity contribution in [1.82, 2.24) is 0 Å². The monoisotopic (exact) mass is 244 g/mol. The molecule has 1 aromatic carbocycles. The maximum absolute atomic E-state index is 11.1. The lowest BCUT2D eigenvalue weighted by atomic mass is 10.1. The van der Waals surface area contributed by atoms with Gasteiger partial charge in [0.05, 0.1) is 13.5 Å². The summed E-state index contributed by atoms with van der Waals surface area (Å²) in [6.07, 6.45) is 0.369. The first-order valence-corrected chi connectivity index (χ1v) is 7.49. The molecule has 5 heteroatoms. The lowest BCUT2D eigenvalue weighted by Gasteiger charge is -2.04. The van der Waals surface area contributed by atoms with Gasteiger partial charge in [-0.15, -0.1) is 0 Å². The van der Waals surface area contributed by atoms with Crippen LogP contribution in [0.1, 0.15) is 5.56 Å². The SMILES string of the molecule is COC(=O)Cc1cccc2c1SSS2. The summed E-state index contributed by atoms with van der Waals surface area (Å²) in [5, 5.41) is 0. The van der Waals surface area contributed by atoms with Gasteiger partial charge in [-0.2, -0.15) is 0 Å². The summed E-state index contributed by atoms with van der Waals surface area (Å²) in [6, 6.07) is 6.04. The number of fused-ring (bicyclic) bond motifs is 1. The zero-order valence-corrected chi connectivity index (χ0v) is 9.93. The summed E-state index contributed by atoms with van der Waals surface area (Å²) >= 11 is 0. The Morgan fingerprint density at radius 1 is 1.43 bits per heavy atom. The number of carbonyl (C=O) groups is 1. The summed E-state index contributed by atoms with van der Waals surface area (Å²) in [7, 11) is 6.61. The van der Waals surface area contributed by atoms with Gasteiger partial charge in [0.1, 0.15) is 0 Å². The molecule has 1 aliphatic rings. The molecule has 0 saturated carbocycles. The van der Waals surface area contributed by atoms with Crippen molar-refractivity contribution in [2.45, 2.75) is 16.2 Å². The highest BCUT2D eigenvalue weighted by molar-refractivity contribution is 9.10. The Bertz CT molecular complexity index is 365. The molecule has 1 heterocycles. The minimum absolute atomic E-state index is 0.180. The second-order valence-corrected chi connectivity index (χ2v) is 6.68. The average molecular weight is 244 g/mol. The van der Waals surface area contributed by atoms with E-state index in [2.05, 4.69) is 10.8 Å². The molecule has 0 atom stereocenters. The highest BCUT2D eigenvalue weighted by Crippen LogP contribution is 2.56. The van der Waals surface area contributed by atoms with Crippen LogP contribution in [0, 0.1) is 0 Å². The summed E-state index contributed by atoms with van der Waals surface area (Å²) in [4.78, 5) is 13.6. The predicted molar refractivity (Wildman–Crippen MR) is 61.5 cm³/mol. The van der Waals surface area contributed by atoms with Gasteiger partial charge in [0, 0.05) is 9.79 Å². The van der Waals surface area contributed by atoms with Crippen molar-refractivity contribution in [2.75, 3.05) is 7.11 Å². The van der Waals surface area contributed by atoms with Crippen LogP contribution in [0.3, 0.4) is 0 Å². The topological polar surface area (TPSA) is 26.3 Å². The zero-order chi connectivity index (χ0) is 9.97. The highest BCUT2D eigenvalue weighted by Gasteiger charge is 2.18. The number of benzene rings is 1. The van der Waals surface area contributed by atoms with E-state index in [0.717, 1.165) is 5.56 Å². The molecule has 14 heavy (non-hydrogen) atoms. The molecule has 0 bridgehead atoms. The minimum atomic E-state index is -0.180. The first-order valence-electron chi connectivity index (χ1n) is 4.01. The zero-order valence-electron chi connectivity index (χ0n) is 7.48. The number of hydrogen-bond acceptors (Lipinski definition) is 5. The standard InChI is InChI=1S/C9H8O2S3/c1-11-8(10)5-6-3-2-4-7-9(6)13-14-12-7/h2-4H,5H2,1H3. The lowest BCUT2D eigenvalue weighted by molar-refractivity contribution is -0.139. The molecule has 0 fully saturated rings. The highest BCUT2D eigenvalue weighted by atomic mass is 33.5.